The monoisotopic (exact) mass is 320 g/mol. The summed E-state index contributed by atoms with van der Waals surface area (Å²) in [6, 6.07) is 0. The molecule has 0 aliphatic heterocycles. The van der Waals surface area contributed by atoms with Crippen LogP contribution in [0.15, 0.2) is 24.3 Å². The molecule has 1 aliphatic carbocycles. The molecule has 3 nitrogen and oxygen atoms in total. The van der Waals surface area contributed by atoms with Crippen molar-refractivity contribution in [1.29, 1.82) is 0 Å². The molecule has 1 saturated carbocycles. The van der Waals surface area contributed by atoms with Gasteiger partial charge in [0.05, 0.1) is 0 Å². The number of carbonyl (C=O) groups is 2. The molecule has 0 amide bonds. The zero-order chi connectivity index (χ0) is 16.9. The molecule has 23 heavy (non-hydrogen) atoms. The van der Waals surface area contributed by atoms with Crippen LogP contribution >= 0.6 is 0 Å². The maximum Gasteiger partial charge on any atom is 0.303 e. The number of hydrogen-bond donors (Lipinski definition) is 1. The van der Waals surface area contributed by atoms with Crippen molar-refractivity contribution in [2.45, 2.75) is 77.6 Å². The van der Waals surface area contributed by atoms with E-state index in [9.17, 15) is 9.59 Å². The predicted octanol–water partition coefficient (Wildman–Crippen LogP) is 5.31. The number of aliphatic carboxylic acids is 1. The lowest BCUT2D eigenvalue weighted by Crippen LogP contribution is -2.10. The first-order valence-corrected chi connectivity index (χ1v) is 9.23. The van der Waals surface area contributed by atoms with Gasteiger partial charge in [-0.3, -0.25) is 9.59 Å². The highest BCUT2D eigenvalue weighted by Crippen LogP contribution is 2.31. The summed E-state index contributed by atoms with van der Waals surface area (Å²) in [5.74, 6) is 0.0295. The van der Waals surface area contributed by atoms with Crippen molar-refractivity contribution in [3.63, 3.8) is 0 Å². The van der Waals surface area contributed by atoms with Gasteiger partial charge in [-0.15, -0.1) is 0 Å². The molecular weight excluding hydrogens is 288 g/mol. The van der Waals surface area contributed by atoms with Crippen LogP contribution in [0.2, 0.25) is 0 Å². The van der Waals surface area contributed by atoms with Crippen molar-refractivity contribution in [3.8, 4) is 0 Å². The summed E-state index contributed by atoms with van der Waals surface area (Å²) in [6.45, 7) is 2.22. The Morgan fingerprint density at radius 1 is 1.09 bits per heavy atom. The van der Waals surface area contributed by atoms with Gasteiger partial charge in [-0.1, -0.05) is 50.5 Å². The number of rotatable bonds is 12. The van der Waals surface area contributed by atoms with Crippen LogP contribution in [-0.2, 0) is 9.59 Å². The Morgan fingerprint density at radius 2 is 1.78 bits per heavy atom. The van der Waals surface area contributed by atoms with Crippen molar-refractivity contribution >= 4 is 11.8 Å². The van der Waals surface area contributed by atoms with E-state index in [1.54, 1.807) is 0 Å². The number of carbonyl (C=O) groups excluding carboxylic acids is 1. The summed E-state index contributed by atoms with van der Waals surface area (Å²) >= 11 is 0. The number of allylic oxidation sites excluding steroid dienone is 4. The van der Waals surface area contributed by atoms with E-state index in [0.717, 1.165) is 25.7 Å². The SMILES string of the molecule is CCCCCCC=C[C@H]1CCC(=O)[C@@H]1C=CCCCCC(=O)O. The Hall–Kier alpha value is -1.38. The second-order valence-electron chi connectivity index (χ2n) is 6.54. The van der Waals surface area contributed by atoms with Gasteiger partial charge in [-0.25, -0.2) is 0 Å². The van der Waals surface area contributed by atoms with Crippen LogP contribution in [0.4, 0.5) is 0 Å². The zero-order valence-corrected chi connectivity index (χ0v) is 14.5. The number of carboxylic acid groups (broad SMARTS) is 1. The minimum atomic E-state index is -0.732. The molecule has 1 aliphatic rings. The molecule has 0 spiro atoms. The van der Waals surface area contributed by atoms with Crippen LogP contribution in [0.5, 0.6) is 0 Å². The number of ketones is 1. The van der Waals surface area contributed by atoms with Gasteiger partial charge in [0.25, 0.3) is 0 Å². The molecule has 0 unspecified atom stereocenters. The molecule has 3 heteroatoms. The molecule has 2 atom stereocenters. The number of unbranched alkanes of at least 4 members (excludes halogenated alkanes) is 6. The Morgan fingerprint density at radius 3 is 2.48 bits per heavy atom. The third-order valence-corrected chi connectivity index (χ3v) is 4.52. The fourth-order valence-corrected chi connectivity index (χ4v) is 3.10. The molecule has 1 rings (SSSR count). The third kappa shape index (κ3) is 8.73. The first-order valence-electron chi connectivity index (χ1n) is 9.23. The largest absolute Gasteiger partial charge is 0.481 e. The Balaban J connectivity index is 2.29. The van der Waals surface area contributed by atoms with Crippen molar-refractivity contribution in [1.82, 2.24) is 0 Å². The maximum atomic E-state index is 12.0. The highest BCUT2D eigenvalue weighted by atomic mass is 16.4. The van der Waals surface area contributed by atoms with Crippen molar-refractivity contribution in [3.05, 3.63) is 24.3 Å². The van der Waals surface area contributed by atoms with E-state index >= 15 is 0 Å². The van der Waals surface area contributed by atoms with E-state index in [2.05, 4.69) is 31.2 Å². The highest BCUT2D eigenvalue weighted by molar-refractivity contribution is 5.85. The van der Waals surface area contributed by atoms with Gasteiger partial charge in [-0.2, -0.15) is 0 Å². The normalized spacial score (nSPS) is 21.7. The van der Waals surface area contributed by atoms with Gasteiger partial charge in [-0.05, 0) is 44.4 Å². The summed E-state index contributed by atoms with van der Waals surface area (Å²) in [5.41, 5.74) is 0. The molecule has 0 aromatic carbocycles. The highest BCUT2D eigenvalue weighted by Gasteiger charge is 2.30. The van der Waals surface area contributed by atoms with Gasteiger partial charge in [0.2, 0.25) is 0 Å². The third-order valence-electron chi connectivity index (χ3n) is 4.52. The van der Waals surface area contributed by atoms with Gasteiger partial charge in [0.15, 0.2) is 0 Å². The van der Waals surface area contributed by atoms with Crippen molar-refractivity contribution in [2.75, 3.05) is 0 Å². The molecule has 0 bridgehead atoms. The second-order valence-corrected chi connectivity index (χ2v) is 6.54. The number of carboxylic acids is 1. The Labute approximate surface area is 140 Å². The maximum absolute atomic E-state index is 12.0. The topological polar surface area (TPSA) is 54.4 Å². The summed E-state index contributed by atoms with van der Waals surface area (Å²) in [7, 11) is 0. The summed E-state index contributed by atoms with van der Waals surface area (Å²) in [5, 5.41) is 8.59. The number of Topliss-reactive ketones (excluding diaryl/α,β-unsaturated/α-hetero) is 1. The molecule has 0 radical (unpaired) electrons. The molecule has 1 fully saturated rings. The van der Waals surface area contributed by atoms with E-state index in [-0.39, 0.29) is 12.3 Å². The predicted molar refractivity (Wildman–Crippen MR) is 94.4 cm³/mol. The average Bonchev–Trinajstić information content (AvgIpc) is 2.86. The minimum Gasteiger partial charge on any atom is -0.481 e. The van der Waals surface area contributed by atoms with Gasteiger partial charge in [0.1, 0.15) is 5.78 Å². The fourth-order valence-electron chi connectivity index (χ4n) is 3.10. The fraction of sp³-hybridized carbons (Fsp3) is 0.700. The van der Waals surface area contributed by atoms with Crippen LogP contribution in [0, 0.1) is 11.8 Å². The Kier molecular flexibility index (Phi) is 10.3. The van der Waals surface area contributed by atoms with Crippen LogP contribution in [0.1, 0.15) is 77.6 Å². The van der Waals surface area contributed by atoms with E-state index in [1.165, 1.54) is 25.7 Å². The smallest absolute Gasteiger partial charge is 0.303 e. The summed E-state index contributed by atoms with van der Waals surface area (Å²) < 4.78 is 0. The van der Waals surface area contributed by atoms with E-state index in [1.807, 2.05) is 0 Å². The van der Waals surface area contributed by atoms with Gasteiger partial charge >= 0.3 is 5.97 Å². The molecule has 0 heterocycles. The molecule has 130 valence electrons. The lowest BCUT2D eigenvalue weighted by molar-refractivity contribution is -0.137. The van der Waals surface area contributed by atoms with Crippen LogP contribution in [0.25, 0.3) is 0 Å². The molecule has 0 aromatic rings. The summed E-state index contributed by atoms with van der Waals surface area (Å²) in [4.78, 5) is 22.4. The van der Waals surface area contributed by atoms with Crippen LogP contribution in [0.3, 0.4) is 0 Å². The van der Waals surface area contributed by atoms with Crippen molar-refractivity contribution < 1.29 is 14.7 Å². The molecule has 0 saturated heterocycles. The van der Waals surface area contributed by atoms with E-state index < -0.39 is 5.97 Å². The van der Waals surface area contributed by atoms with Crippen LogP contribution < -0.4 is 0 Å². The molecule has 0 aromatic heterocycles. The molecule has 1 N–H and O–H groups in total. The lowest BCUT2D eigenvalue weighted by Gasteiger charge is -2.10. The van der Waals surface area contributed by atoms with Gasteiger partial charge < -0.3 is 5.11 Å². The van der Waals surface area contributed by atoms with E-state index in [0.29, 0.717) is 24.5 Å². The molecular formula is C20H32O3. The minimum absolute atomic E-state index is 0.0429. The van der Waals surface area contributed by atoms with Crippen molar-refractivity contribution in [2.24, 2.45) is 11.8 Å². The number of hydrogen-bond acceptors (Lipinski definition) is 2. The van der Waals surface area contributed by atoms with Gasteiger partial charge in [0, 0.05) is 18.8 Å². The first-order chi connectivity index (χ1) is 11.1. The first kappa shape index (κ1) is 19.7. The average molecular weight is 320 g/mol. The van der Waals surface area contributed by atoms with Crippen LogP contribution in [-0.4, -0.2) is 16.9 Å². The Bertz CT molecular complexity index is 409. The summed E-state index contributed by atoms with van der Waals surface area (Å²) in [6.07, 6.45) is 19.2. The lowest BCUT2D eigenvalue weighted by atomic mass is 9.93. The van der Waals surface area contributed by atoms with E-state index in [4.69, 9.17) is 5.11 Å². The second kappa shape index (κ2) is 12.1. The quantitative estimate of drug-likeness (QED) is 0.391. The zero-order valence-electron chi connectivity index (χ0n) is 14.5. The standard InChI is InChI=1S/C20H32O3/c1-2-3-4-5-6-9-12-17-15-16-19(21)18(17)13-10-7-8-11-14-20(22)23/h9-10,12-13,17-18H,2-8,11,14-16H2,1H3,(H,22,23)/t17-,18+/m0/s1.